The monoisotopic (exact) mass is 556 g/mol. The molecule has 0 aliphatic rings. The lowest BCUT2D eigenvalue weighted by Crippen LogP contribution is -2.38. The Bertz CT molecular complexity index is 1410. The lowest BCUT2D eigenvalue weighted by atomic mass is 10.2. The van der Waals surface area contributed by atoms with Crippen LogP contribution in [0.3, 0.4) is 0 Å². The molecule has 208 valence electrons. The fraction of sp³-hybridized carbons (Fsp3) is 0.172. The van der Waals surface area contributed by atoms with Gasteiger partial charge in [-0.15, -0.1) is 0 Å². The molecule has 4 rings (SSSR count). The first-order valence-electron chi connectivity index (χ1n) is 12.7. The third kappa shape index (κ3) is 8.75. The second kappa shape index (κ2) is 14.6. The number of nitro benzene ring substituents is 2. The van der Waals surface area contributed by atoms with E-state index in [1.807, 2.05) is 49.1 Å². The van der Waals surface area contributed by atoms with Crippen molar-refractivity contribution in [3.63, 3.8) is 0 Å². The molecular formula is C29H28N6O6+2. The number of oxime groups is 2. The Morgan fingerprint density at radius 1 is 0.634 bits per heavy atom. The van der Waals surface area contributed by atoms with E-state index in [1.165, 1.54) is 12.1 Å². The molecule has 0 N–H and O–H groups in total. The highest BCUT2D eigenvalue weighted by Crippen LogP contribution is 2.19. The summed E-state index contributed by atoms with van der Waals surface area (Å²) in [6, 6.07) is 20.5. The predicted octanol–water partition coefficient (Wildman–Crippen LogP) is 4.27. The van der Waals surface area contributed by atoms with Crippen molar-refractivity contribution in [2.24, 2.45) is 10.3 Å². The summed E-state index contributed by atoms with van der Waals surface area (Å²) in [4.78, 5) is 31.7. The van der Waals surface area contributed by atoms with E-state index >= 15 is 0 Å². The Morgan fingerprint density at radius 3 is 1.41 bits per heavy atom. The summed E-state index contributed by atoms with van der Waals surface area (Å²) in [6.07, 6.45) is 11.9. The van der Waals surface area contributed by atoms with Crippen LogP contribution in [0.25, 0.3) is 0 Å². The summed E-state index contributed by atoms with van der Waals surface area (Å²) >= 11 is 0. The molecule has 4 aromatic rings. The van der Waals surface area contributed by atoms with E-state index in [0.29, 0.717) is 11.1 Å². The highest BCUT2D eigenvalue weighted by atomic mass is 16.6. The number of hydrogen-bond acceptors (Lipinski definition) is 8. The minimum absolute atomic E-state index is 0.00663. The molecule has 0 spiro atoms. The Hall–Kier alpha value is -5.52. The Labute approximate surface area is 235 Å². The van der Waals surface area contributed by atoms with E-state index < -0.39 is 9.85 Å². The van der Waals surface area contributed by atoms with E-state index in [0.717, 1.165) is 30.6 Å². The molecule has 2 aromatic carbocycles. The molecule has 12 heteroatoms. The zero-order valence-electron chi connectivity index (χ0n) is 22.1. The minimum atomic E-state index is -0.439. The molecule has 0 saturated carbocycles. The van der Waals surface area contributed by atoms with Crippen LogP contribution in [0.1, 0.15) is 28.7 Å². The van der Waals surface area contributed by atoms with Gasteiger partial charge in [0.25, 0.3) is 11.4 Å². The van der Waals surface area contributed by atoms with Crippen LogP contribution in [0.4, 0.5) is 11.4 Å². The van der Waals surface area contributed by atoms with Crippen LogP contribution < -0.4 is 9.13 Å². The average molecular weight is 557 g/mol. The van der Waals surface area contributed by atoms with Gasteiger partial charge in [0.05, 0.1) is 39.8 Å². The number of rotatable bonds is 14. The molecule has 0 atom stereocenters. The summed E-state index contributed by atoms with van der Waals surface area (Å²) in [5, 5.41) is 30.0. The van der Waals surface area contributed by atoms with Gasteiger partial charge < -0.3 is 9.68 Å². The number of aryl methyl sites for hydroxylation is 2. The van der Waals surface area contributed by atoms with E-state index in [4.69, 9.17) is 9.68 Å². The molecule has 12 nitrogen and oxygen atoms in total. The molecule has 2 heterocycles. The van der Waals surface area contributed by atoms with Gasteiger partial charge in [0, 0.05) is 47.5 Å². The van der Waals surface area contributed by atoms with Crippen molar-refractivity contribution >= 4 is 23.8 Å². The Morgan fingerprint density at radius 2 is 1.02 bits per heavy atom. The fourth-order valence-corrected chi connectivity index (χ4v) is 3.88. The highest BCUT2D eigenvalue weighted by molar-refractivity contribution is 5.78. The minimum Gasteiger partial charge on any atom is -0.391 e. The largest absolute Gasteiger partial charge is 0.391 e. The molecule has 0 amide bonds. The summed E-state index contributed by atoms with van der Waals surface area (Å²) in [6.45, 7) is 1.67. The van der Waals surface area contributed by atoms with Gasteiger partial charge >= 0.3 is 0 Å². The van der Waals surface area contributed by atoms with Crippen molar-refractivity contribution in [2.75, 3.05) is 0 Å². The highest BCUT2D eigenvalue weighted by Gasteiger charge is 2.13. The smallest absolute Gasteiger partial charge is 0.276 e. The summed E-state index contributed by atoms with van der Waals surface area (Å²) < 4.78 is 4.14. The number of benzene rings is 2. The van der Waals surface area contributed by atoms with Gasteiger partial charge in [-0.25, -0.2) is 9.13 Å². The van der Waals surface area contributed by atoms with Gasteiger partial charge in [0.1, 0.15) is 13.2 Å². The van der Waals surface area contributed by atoms with Gasteiger partial charge in [-0.3, -0.25) is 20.2 Å². The molecule has 41 heavy (non-hydrogen) atoms. The number of para-hydroxylation sites is 2. The van der Waals surface area contributed by atoms with Crippen molar-refractivity contribution in [3.8, 4) is 0 Å². The van der Waals surface area contributed by atoms with Crippen LogP contribution in [0.15, 0.2) is 108 Å². The summed E-state index contributed by atoms with van der Waals surface area (Å²) in [5.74, 6) is 0. The van der Waals surface area contributed by atoms with Gasteiger partial charge in [-0.1, -0.05) is 34.6 Å². The first-order chi connectivity index (χ1) is 20.0. The number of aromatic nitrogens is 2. The molecule has 0 fully saturated rings. The topological polar surface area (TPSA) is 137 Å². The maximum atomic E-state index is 11.1. The summed E-state index contributed by atoms with van der Waals surface area (Å²) in [5.41, 5.74) is 2.63. The van der Waals surface area contributed by atoms with Crippen molar-refractivity contribution < 1.29 is 28.7 Å². The zero-order valence-corrected chi connectivity index (χ0v) is 22.1. The van der Waals surface area contributed by atoms with Crippen LogP contribution in [0, 0.1) is 20.2 Å². The first kappa shape index (κ1) is 28.5. The third-order valence-corrected chi connectivity index (χ3v) is 6.04. The van der Waals surface area contributed by atoms with Crippen LogP contribution in [-0.2, 0) is 36.0 Å². The number of nitro groups is 2. The second-order valence-electron chi connectivity index (χ2n) is 8.88. The fourth-order valence-electron chi connectivity index (χ4n) is 3.88. The summed E-state index contributed by atoms with van der Waals surface area (Å²) in [7, 11) is 0. The van der Waals surface area contributed by atoms with Gasteiger partial charge in [-0.05, 0) is 12.1 Å². The Kier molecular flexibility index (Phi) is 10.1. The van der Waals surface area contributed by atoms with Crippen LogP contribution in [0.2, 0.25) is 0 Å². The molecule has 0 aliphatic carbocycles. The van der Waals surface area contributed by atoms with Crippen molar-refractivity contribution in [3.05, 3.63) is 140 Å². The van der Waals surface area contributed by atoms with E-state index in [9.17, 15) is 20.2 Å². The quantitative estimate of drug-likeness (QED) is 0.0984. The lowest BCUT2D eigenvalue weighted by molar-refractivity contribution is -0.726. The molecule has 0 unspecified atom stereocenters. The lowest BCUT2D eigenvalue weighted by Gasteiger charge is -2.01. The molecule has 0 saturated heterocycles. The maximum Gasteiger partial charge on any atom is 0.276 e. The number of pyridine rings is 2. The number of hydrogen-bond donors (Lipinski definition) is 0. The molecule has 0 aliphatic heterocycles. The normalized spacial score (nSPS) is 11.1. The van der Waals surface area contributed by atoms with E-state index in [1.54, 1.807) is 48.8 Å². The second-order valence-corrected chi connectivity index (χ2v) is 8.88. The van der Waals surface area contributed by atoms with Crippen molar-refractivity contribution in [1.29, 1.82) is 0 Å². The first-order valence-corrected chi connectivity index (χ1v) is 12.7. The maximum absolute atomic E-state index is 11.1. The third-order valence-electron chi connectivity index (χ3n) is 6.04. The van der Waals surface area contributed by atoms with Gasteiger partial charge in [-0.2, -0.15) is 0 Å². The standard InChI is InChI=1S/C29H28N6O6/c36-34(37)28-8-3-1-6-26(28)22-40-30-20-24-10-16-32(17-11-24)14-5-15-33-18-12-25(13-19-33)21-31-41-23-27-7-2-4-9-29(27)35(38)39/h1-4,6-13,16-21H,5,14-15,22-23H2/q+2/b30-20+,31-21+. The molecule has 0 radical (unpaired) electrons. The van der Waals surface area contributed by atoms with Crippen LogP contribution >= 0.6 is 0 Å². The van der Waals surface area contributed by atoms with Crippen molar-refractivity contribution in [2.45, 2.75) is 32.7 Å². The average Bonchev–Trinajstić information content (AvgIpc) is 2.99. The van der Waals surface area contributed by atoms with Gasteiger partial charge in [0.15, 0.2) is 37.9 Å². The van der Waals surface area contributed by atoms with E-state index in [-0.39, 0.29) is 24.6 Å². The number of nitrogens with zero attached hydrogens (tertiary/aromatic N) is 6. The zero-order chi connectivity index (χ0) is 28.9. The van der Waals surface area contributed by atoms with Gasteiger partial charge in [0.2, 0.25) is 0 Å². The molecule has 0 bridgehead atoms. The Balaban J connectivity index is 1.17. The van der Waals surface area contributed by atoms with Crippen LogP contribution in [-0.4, -0.2) is 22.3 Å². The molecule has 2 aromatic heterocycles. The predicted molar refractivity (Wildman–Crippen MR) is 149 cm³/mol. The molecular weight excluding hydrogens is 528 g/mol. The van der Waals surface area contributed by atoms with E-state index in [2.05, 4.69) is 19.4 Å². The SMILES string of the molecule is O=[N+]([O-])c1ccccc1CO/N=C/c1cc[n+](CCC[n+]2ccc(/C=N/OCc3ccccc3[N+](=O)[O-])cc2)cc1. The van der Waals surface area contributed by atoms with Crippen molar-refractivity contribution in [1.82, 2.24) is 0 Å². The van der Waals surface area contributed by atoms with Crippen LogP contribution in [0.5, 0.6) is 0 Å².